The van der Waals surface area contributed by atoms with Crippen molar-refractivity contribution in [3.05, 3.63) is 66.3 Å². The number of unbranched alkanes of at least 4 members (excludes halogenated alkanes) is 1. The van der Waals surface area contributed by atoms with Gasteiger partial charge in [0.05, 0.1) is 7.11 Å². The van der Waals surface area contributed by atoms with Crippen molar-refractivity contribution in [3.63, 3.8) is 0 Å². The Morgan fingerprint density at radius 1 is 1.14 bits per heavy atom. The first kappa shape index (κ1) is 25.4. The largest absolute Gasteiger partial charge is 0.478 e. The van der Waals surface area contributed by atoms with Crippen LogP contribution in [-0.4, -0.2) is 24.2 Å². The molecule has 0 amide bonds. The average molecular weight is 387 g/mol. The average Bonchev–Trinajstić information content (AvgIpc) is 2.71. The SMILES string of the molecule is C=C(CC(CC)CCCC)C(=O)O.C=C(CC=Cc1ccccc1)C(=O)OC. The standard InChI is InChI=1S/C13H14O2.C11H20O2/c1-11(13(14)15-2)7-6-10-12-8-4-3-5-9-12;1-4-6-7-10(5-2)8-9(3)11(12)13/h3-6,8-10H,1,7H2,2H3;10H,3-8H2,1-2H3,(H,12,13). The normalized spacial score (nSPS) is 11.2. The Kier molecular flexibility index (Phi) is 14.0. The maximum absolute atomic E-state index is 11.0. The molecule has 0 spiro atoms. The van der Waals surface area contributed by atoms with Gasteiger partial charge < -0.3 is 9.84 Å². The lowest BCUT2D eigenvalue weighted by Gasteiger charge is -2.13. The van der Waals surface area contributed by atoms with E-state index in [4.69, 9.17) is 5.11 Å². The molecular formula is C24H34O4. The maximum atomic E-state index is 11.0. The van der Waals surface area contributed by atoms with E-state index in [9.17, 15) is 9.59 Å². The van der Waals surface area contributed by atoms with Gasteiger partial charge in [0.25, 0.3) is 0 Å². The van der Waals surface area contributed by atoms with Crippen molar-refractivity contribution < 1.29 is 19.4 Å². The van der Waals surface area contributed by atoms with E-state index in [2.05, 4.69) is 31.7 Å². The van der Waals surface area contributed by atoms with Gasteiger partial charge in [-0.15, -0.1) is 0 Å². The highest BCUT2D eigenvalue weighted by Gasteiger charge is 2.11. The first-order valence-corrected chi connectivity index (χ1v) is 9.74. The summed E-state index contributed by atoms with van der Waals surface area (Å²) in [5.41, 5.74) is 1.92. The van der Waals surface area contributed by atoms with Crippen molar-refractivity contribution in [2.75, 3.05) is 7.11 Å². The second kappa shape index (κ2) is 15.4. The van der Waals surface area contributed by atoms with Crippen LogP contribution < -0.4 is 0 Å². The summed E-state index contributed by atoms with van der Waals surface area (Å²) in [4.78, 5) is 21.5. The lowest BCUT2D eigenvalue weighted by molar-refractivity contribution is -0.136. The number of hydrogen-bond donors (Lipinski definition) is 1. The highest BCUT2D eigenvalue weighted by atomic mass is 16.5. The summed E-state index contributed by atoms with van der Waals surface area (Å²) in [7, 11) is 1.36. The fourth-order valence-electron chi connectivity index (χ4n) is 2.51. The number of esters is 1. The van der Waals surface area contributed by atoms with Gasteiger partial charge in [-0.3, -0.25) is 0 Å². The van der Waals surface area contributed by atoms with Crippen LogP contribution in [0.25, 0.3) is 6.08 Å². The molecule has 4 heteroatoms. The van der Waals surface area contributed by atoms with Crippen LogP contribution in [0.3, 0.4) is 0 Å². The first-order valence-electron chi connectivity index (χ1n) is 9.74. The fraction of sp³-hybridized carbons (Fsp3) is 0.417. The number of allylic oxidation sites excluding steroid dienone is 1. The van der Waals surface area contributed by atoms with Crippen molar-refractivity contribution in [1.29, 1.82) is 0 Å². The molecule has 1 atom stereocenters. The quantitative estimate of drug-likeness (QED) is 0.371. The lowest BCUT2D eigenvalue weighted by atomic mass is 9.92. The van der Waals surface area contributed by atoms with Gasteiger partial charge in [-0.05, 0) is 24.3 Å². The molecule has 1 aromatic rings. The minimum Gasteiger partial charge on any atom is -0.478 e. The zero-order valence-corrected chi connectivity index (χ0v) is 17.4. The van der Waals surface area contributed by atoms with Crippen LogP contribution in [-0.2, 0) is 14.3 Å². The van der Waals surface area contributed by atoms with E-state index in [-0.39, 0.29) is 5.97 Å². The van der Waals surface area contributed by atoms with Crippen LogP contribution in [0, 0.1) is 5.92 Å². The van der Waals surface area contributed by atoms with E-state index in [1.54, 1.807) is 0 Å². The number of hydrogen-bond acceptors (Lipinski definition) is 3. The number of carbonyl (C=O) groups is 2. The summed E-state index contributed by atoms with van der Waals surface area (Å²) >= 11 is 0. The van der Waals surface area contributed by atoms with Gasteiger partial charge in [-0.25, -0.2) is 9.59 Å². The lowest BCUT2D eigenvalue weighted by Crippen LogP contribution is -2.06. The van der Waals surface area contributed by atoms with Crippen LogP contribution in [0.1, 0.15) is 57.9 Å². The van der Waals surface area contributed by atoms with Crippen molar-refractivity contribution in [3.8, 4) is 0 Å². The van der Waals surface area contributed by atoms with Crippen LogP contribution in [0.5, 0.6) is 0 Å². The van der Waals surface area contributed by atoms with Crippen LogP contribution in [0.2, 0.25) is 0 Å². The number of methoxy groups -OCH3 is 1. The summed E-state index contributed by atoms with van der Waals surface area (Å²) in [5.74, 6) is -0.703. The summed E-state index contributed by atoms with van der Waals surface area (Å²) in [6.07, 6.45) is 9.54. The molecule has 1 unspecified atom stereocenters. The van der Waals surface area contributed by atoms with Gasteiger partial charge >= 0.3 is 11.9 Å². The van der Waals surface area contributed by atoms with Crippen LogP contribution in [0.4, 0.5) is 0 Å². The number of carboxylic acid groups (broad SMARTS) is 1. The molecule has 0 saturated carbocycles. The number of benzene rings is 1. The summed E-state index contributed by atoms with van der Waals surface area (Å²) in [6.45, 7) is 11.4. The molecule has 0 fully saturated rings. The van der Waals surface area contributed by atoms with Crippen molar-refractivity contribution in [1.82, 2.24) is 0 Å². The smallest absolute Gasteiger partial charge is 0.333 e. The molecular weight excluding hydrogens is 352 g/mol. The Morgan fingerprint density at radius 3 is 2.29 bits per heavy atom. The van der Waals surface area contributed by atoms with E-state index < -0.39 is 5.97 Å². The molecule has 0 aliphatic carbocycles. The molecule has 0 heterocycles. The fourth-order valence-corrected chi connectivity index (χ4v) is 2.51. The number of carboxylic acids is 1. The second-order valence-corrected chi connectivity index (χ2v) is 6.64. The molecule has 154 valence electrons. The second-order valence-electron chi connectivity index (χ2n) is 6.64. The maximum Gasteiger partial charge on any atom is 0.333 e. The minimum atomic E-state index is -0.852. The third kappa shape index (κ3) is 11.9. The summed E-state index contributed by atoms with van der Waals surface area (Å²) < 4.78 is 4.54. The van der Waals surface area contributed by atoms with E-state index >= 15 is 0 Å². The van der Waals surface area contributed by atoms with Crippen LogP contribution in [0.15, 0.2) is 60.7 Å². The highest BCUT2D eigenvalue weighted by molar-refractivity contribution is 5.88. The number of aliphatic carboxylic acids is 1. The number of carbonyl (C=O) groups excluding carboxylic acids is 1. The summed E-state index contributed by atoms with van der Waals surface area (Å²) in [5, 5.41) is 8.65. The zero-order valence-electron chi connectivity index (χ0n) is 17.4. The predicted molar refractivity (Wildman–Crippen MR) is 116 cm³/mol. The van der Waals surface area contributed by atoms with Crippen molar-refractivity contribution in [2.45, 2.75) is 52.4 Å². The zero-order chi connectivity index (χ0) is 21.4. The van der Waals surface area contributed by atoms with E-state index in [1.165, 1.54) is 20.0 Å². The third-order valence-corrected chi connectivity index (χ3v) is 4.33. The Labute approximate surface area is 169 Å². The molecule has 1 N–H and O–H groups in total. The minimum absolute atomic E-state index is 0.350. The van der Waals surface area contributed by atoms with Crippen molar-refractivity contribution in [2.24, 2.45) is 5.92 Å². The monoisotopic (exact) mass is 386 g/mol. The Hall–Kier alpha value is -2.62. The number of rotatable bonds is 11. The Bertz CT molecular complexity index is 644. The molecule has 0 bridgehead atoms. The van der Waals surface area contributed by atoms with Crippen LogP contribution >= 0.6 is 0 Å². The predicted octanol–water partition coefficient (Wildman–Crippen LogP) is 6.05. The molecule has 0 aromatic heterocycles. The molecule has 0 saturated heterocycles. The molecule has 1 rings (SSSR count). The highest BCUT2D eigenvalue weighted by Crippen LogP contribution is 2.20. The summed E-state index contributed by atoms with van der Waals surface area (Å²) in [6, 6.07) is 9.89. The van der Waals surface area contributed by atoms with Gasteiger partial charge in [-0.1, -0.05) is 95.2 Å². The van der Waals surface area contributed by atoms with Gasteiger partial charge in [0, 0.05) is 11.1 Å². The van der Waals surface area contributed by atoms with Gasteiger partial charge in [0.2, 0.25) is 0 Å². The third-order valence-electron chi connectivity index (χ3n) is 4.33. The topological polar surface area (TPSA) is 63.6 Å². The number of ether oxygens (including phenoxy) is 1. The first-order chi connectivity index (χ1) is 13.3. The van der Waals surface area contributed by atoms with E-state index in [0.717, 1.165) is 18.4 Å². The van der Waals surface area contributed by atoms with E-state index in [0.29, 0.717) is 29.9 Å². The molecule has 0 aliphatic heterocycles. The molecule has 1 aromatic carbocycles. The molecule has 4 nitrogen and oxygen atoms in total. The van der Waals surface area contributed by atoms with Gasteiger partial charge in [-0.2, -0.15) is 0 Å². The van der Waals surface area contributed by atoms with E-state index in [1.807, 2.05) is 42.5 Å². The Balaban J connectivity index is 0.000000528. The van der Waals surface area contributed by atoms with Crippen molar-refractivity contribution >= 4 is 18.0 Å². The van der Waals surface area contributed by atoms with Gasteiger partial charge in [0.15, 0.2) is 0 Å². The van der Waals surface area contributed by atoms with Gasteiger partial charge in [0.1, 0.15) is 0 Å². The Morgan fingerprint density at radius 2 is 1.79 bits per heavy atom. The molecule has 0 radical (unpaired) electrons. The molecule has 0 aliphatic rings. The molecule has 28 heavy (non-hydrogen) atoms.